The van der Waals surface area contributed by atoms with E-state index in [1.165, 1.54) is 0 Å². The molecule has 3 rings (SSSR count). The Labute approximate surface area is 150 Å². The van der Waals surface area contributed by atoms with Crippen molar-refractivity contribution in [2.24, 2.45) is 0 Å². The van der Waals surface area contributed by atoms with Gasteiger partial charge in [0.05, 0.1) is 29.3 Å². The van der Waals surface area contributed by atoms with E-state index in [1.807, 2.05) is 32.1 Å². The number of rotatable bonds is 5. The second-order valence-electron chi connectivity index (χ2n) is 5.67. The third kappa shape index (κ3) is 3.28. The molecule has 1 N–H and O–H groups in total. The predicted octanol–water partition coefficient (Wildman–Crippen LogP) is 1.49. The number of aromatic amines is 1. The number of aryl methyl sites for hydroxylation is 1. The van der Waals surface area contributed by atoms with E-state index in [9.17, 15) is 4.79 Å². The Morgan fingerprint density at radius 2 is 2.15 bits per heavy atom. The van der Waals surface area contributed by atoms with E-state index in [-0.39, 0.29) is 5.69 Å². The van der Waals surface area contributed by atoms with Crippen LogP contribution in [-0.2, 0) is 11.2 Å². The van der Waals surface area contributed by atoms with Crippen LogP contribution in [0.4, 0.5) is 0 Å². The highest BCUT2D eigenvalue weighted by molar-refractivity contribution is 5.89. The van der Waals surface area contributed by atoms with Crippen molar-refractivity contribution in [2.45, 2.75) is 27.2 Å². The molecule has 26 heavy (non-hydrogen) atoms. The number of esters is 1. The van der Waals surface area contributed by atoms with Crippen molar-refractivity contribution in [3.05, 3.63) is 52.8 Å². The van der Waals surface area contributed by atoms with Gasteiger partial charge in [-0.15, -0.1) is 0 Å². The van der Waals surface area contributed by atoms with Crippen LogP contribution in [0.3, 0.4) is 0 Å². The van der Waals surface area contributed by atoms with Gasteiger partial charge in [-0.3, -0.25) is 0 Å². The summed E-state index contributed by atoms with van der Waals surface area (Å²) in [6.07, 6.45) is 6.15. The number of hydrogen-bond donors (Lipinski definition) is 1. The Morgan fingerprint density at radius 3 is 2.85 bits per heavy atom. The molecule has 0 aromatic carbocycles. The molecule has 0 unspecified atom stereocenters. The third-order valence-corrected chi connectivity index (χ3v) is 3.98. The SMILES string of the molecule is C=C(/C=c1/nc[nH]/c1=C/C)c1cc2nc(C(=O)OCC)cc(CC)n2n1. The van der Waals surface area contributed by atoms with Crippen molar-refractivity contribution in [3.63, 3.8) is 0 Å². The zero-order valence-corrected chi connectivity index (χ0v) is 15.1. The smallest absolute Gasteiger partial charge is 0.357 e. The number of aromatic nitrogens is 5. The van der Waals surface area contributed by atoms with Crippen LogP contribution in [0.2, 0.25) is 0 Å². The summed E-state index contributed by atoms with van der Waals surface area (Å²) in [6.45, 7) is 10.1. The van der Waals surface area contributed by atoms with Crippen molar-refractivity contribution in [2.75, 3.05) is 6.61 Å². The number of nitrogens with one attached hydrogen (secondary N) is 1. The number of hydrogen-bond acceptors (Lipinski definition) is 5. The van der Waals surface area contributed by atoms with Crippen LogP contribution in [0.1, 0.15) is 42.6 Å². The minimum Gasteiger partial charge on any atom is -0.461 e. The van der Waals surface area contributed by atoms with Gasteiger partial charge in [-0.05, 0) is 38.0 Å². The number of fused-ring (bicyclic) bond motifs is 1. The Kier molecular flexibility index (Phi) is 4.97. The fourth-order valence-electron chi connectivity index (χ4n) is 2.66. The summed E-state index contributed by atoms with van der Waals surface area (Å²) in [5, 5.41) is 6.31. The molecule has 0 radical (unpaired) electrons. The molecule has 3 heterocycles. The van der Waals surface area contributed by atoms with Crippen LogP contribution in [0.15, 0.2) is 25.0 Å². The molecule has 0 saturated carbocycles. The molecule has 7 nitrogen and oxygen atoms in total. The Hall–Kier alpha value is -3.22. The molecule has 3 aromatic heterocycles. The summed E-state index contributed by atoms with van der Waals surface area (Å²) in [5.41, 5.74) is 3.14. The summed E-state index contributed by atoms with van der Waals surface area (Å²) < 4.78 is 6.79. The minimum atomic E-state index is -0.433. The number of carbonyl (C=O) groups is 1. The minimum absolute atomic E-state index is 0.285. The van der Waals surface area contributed by atoms with Crippen LogP contribution < -0.4 is 10.7 Å². The maximum Gasteiger partial charge on any atom is 0.357 e. The lowest BCUT2D eigenvalue weighted by Crippen LogP contribution is -2.23. The maximum absolute atomic E-state index is 12.0. The second kappa shape index (κ2) is 7.35. The van der Waals surface area contributed by atoms with Gasteiger partial charge in [-0.1, -0.05) is 19.6 Å². The van der Waals surface area contributed by atoms with Gasteiger partial charge in [0.25, 0.3) is 0 Å². The highest BCUT2D eigenvalue weighted by Crippen LogP contribution is 2.17. The van der Waals surface area contributed by atoms with Gasteiger partial charge in [0, 0.05) is 11.8 Å². The van der Waals surface area contributed by atoms with E-state index in [1.54, 1.807) is 23.8 Å². The van der Waals surface area contributed by atoms with E-state index in [0.29, 0.717) is 29.9 Å². The quantitative estimate of drug-likeness (QED) is 0.704. The zero-order valence-electron chi connectivity index (χ0n) is 15.1. The van der Waals surface area contributed by atoms with Gasteiger partial charge in [0.15, 0.2) is 11.3 Å². The van der Waals surface area contributed by atoms with Crippen molar-refractivity contribution in [1.82, 2.24) is 24.6 Å². The topological polar surface area (TPSA) is 85.2 Å². The molecular formula is C19H21N5O2. The van der Waals surface area contributed by atoms with Crippen molar-refractivity contribution in [3.8, 4) is 0 Å². The Balaban J connectivity index is 2.07. The molecule has 0 atom stereocenters. The summed E-state index contributed by atoms with van der Waals surface area (Å²) >= 11 is 0. The van der Waals surface area contributed by atoms with E-state index < -0.39 is 5.97 Å². The third-order valence-electron chi connectivity index (χ3n) is 3.98. The first-order valence-corrected chi connectivity index (χ1v) is 8.50. The molecule has 0 aliphatic heterocycles. The number of carbonyl (C=O) groups excluding carboxylic acids is 1. The molecule has 0 amide bonds. The number of imidazole rings is 1. The monoisotopic (exact) mass is 351 g/mol. The highest BCUT2D eigenvalue weighted by Gasteiger charge is 2.15. The first-order chi connectivity index (χ1) is 12.6. The van der Waals surface area contributed by atoms with Gasteiger partial charge in [-0.25, -0.2) is 19.3 Å². The predicted molar refractivity (Wildman–Crippen MR) is 99.8 cm³/mol. The molecule has 7 heteroatoms. The number of allylic oxidation sites excluding steroid dienone is 1. The number of nitrogens with zero attached hydrogens (tertiary/aromatic N) is 4. The molecular weight excluding hydrogens is 330 g/mol. The van der Waals surface area contributed by atoms with Gasteiger partial charge >= 0.3 is 5.97 Å². The van der Waals surface area contributed by atoms with E-state index in [0.717, 1.165) is 16.4 Å². The Bertz CT molecular complexity index is 1090. The van der Waals surface area contributed by atoms with E-state index in [2.05, 4.69) is 26.6 Å². The summed E-state index contributed by atoms with van der Waals surface area (Å²) in [5.74, 6) is -0.433. The largest absolute Gasteiger partial charge is 0.461 e. The average Bonchev–Trinajstić information content (AvgIpc) is 3.27. The average molecular weight is 351 g/mol. The first-order valence-electron chi connectivity index (χ1n) is 8.50. The number of ether oxygens (including phenoxy) is 1. The normalized spacial score (nSPS) is 12.7. The maximum atomic E-state index is 12.0. The van der Waals surface area contributed by atoms with Crippen molar-refractivity contribution >= 4 is 29.3 Å². The zero-order chi connectivity index (χ0) is 18.7. The van der Waals surface area contributed by atoms with Crippen molar-refractivity contribution in [1.29, 1.82) is 0 Å². The molecule has 134 valence electrons. The van der Waals surface area contributed by atoms with Gasteiger partial charge in [0.1, 0.15) is 0 Å². The lowest BCUT2D eigenvalue weighted by Gasteiger charge is -2.05. The van der Waals surface area contributed by atoms with Crippen molar-refractivity contribution < 1.29 is 9.53 Å². The van der Waals surface area contributed by atoms with Crippen LogP contribution >= 0.6 is 0 Å². The standard InChI is InChI=1S/C19H21N5O2/c1-5-13-9-17(19(25)26-7-3)22-18-10-15(23-24(13)18)12(4)8-16-14(6-2)20-11-21-16/h6,8-11H,4-5,7H2,1-3H3,(H,20,21)/b14-6+,16-8+. The molecule has 3 aromatic rings. The summed E-state index contributed by atoms with van der Waals surface area (Å²) in [4.78, 5) is 23.7. The molecule has 0 aliphatic rings. The van der Waals surface area contributed by atoms with Gasteiger partial charge < -0.3 is 9.72 Å². The molecule has 0 spiro atoms. The highest BCUT2D eigenvalue weighted by atomic mass is 16.5. The molecule has 0 fully saturated rings. The summed E-state index contributed by atoms with van der Waals surface area (Å²) in [6, 6.07) is 3.52. The molecule has 0 bridgehead atoms. The lowest BCUT2D eigenvalue weighted by molar-refractivity contribution is 0.0519. The summed E-state index contributed by atoms with van der Waals surface area (Å²) in [7, 11) is 0. The molecule has 0 aliphatic carbocycles. The van der Waals surface area contributed by atoms with Crippen LogP contribution in [0, 0.1) is 0 Å². The fraction of sp³-hybridized carbons (Fsp3) is 0.263. The number of H-pyrrole nitrogens is 1. The van der Waals surface area contributed by atoms with Crippen LogP contribution in [0.5, 0.6) is 0 Å². The lowest BCUT2D eigenvalue weighted by atomic mass is 10.2. The van der Waals surface area contributed by atoms with Gasteiger partial charge in [0.2, 0.25) is 0 Å². The fourth-order valence-corrected chi connectivity index (χ4v) is 2.66. The Morgan fingerprint density at radius 1 is 1.35 bits per heavy atom. The molecule has 0 saturated heterocycles. The van der Waals surface area contributed by atoms with E-state index in [4.69, 9.17) is 4.74 Å². The van der Waals surface area contributed by atoms with Crippen LogP contribution in [0.25, 0.3) is 23.4 Å². The van der Waals surface area contributed by atoms with E-state index >= 15 is 0 Å². The second-order valence-corrected chi connectivity index (χ2v) is 5.67. The van der Waals surface area contributed by atoms with Crippen LogP contribution in [-0.4, -0.2) is 37.1 Å². The first kappa shape index (κ1) is 17.6. The van der Waals surface area contributed by atoms with Gasteiger partial charge in [-0.2, -0.15) is 5.10 Å².